The van der Waals surface area contributed by atoms with Gasteiger partial charge in [-0.2, -0.15) is 0 Å². The number of benzene rings is 1. The zero-order valence-corrected chi connectivity index (χ0v) is 16.9. The molecule has 1 atom stereocenters. The number of hydrogen-bond acceptors (Lipinski definition) is 5. The zero-order valence-electron chi connectivity index (χ0n) is 16.1. The highest BCUT2D eigenvalue weighted by Gasteiger charge is 2.32. The van der Waals surface area contributed by atoms with E-state index in [1.54, 1.807) is 12.4 Å². The smallest absolute Gasteiger partial charge is 0.225 e. The van der Waals surface area contributed by atoms with Crippen LogP contribution in [0.15, 0.2) is 55.0 Å². The summed E-state index contributed by atoms with van der Waals surface area (Å²) in [6.45, 7) is 6.98. The Morgan fingerprint density at radius 3 is 2.61 bits per heavy atom. The maximum atomic E-state index is 5.82. The molecule has 28 heavy (non-hydrogen) atoms. The Morgan fingerprint density at radius 2 is 1.82 bits per heavy atom. The van der Waals surface area contributed by atoms with Crippen LogP contribution in [0.1, 0.15) is 13.8 Å². The van der Waals surface area contributed by atoms with Crippen LogP contribution in [-0.4, -0.2) is 50.6 Å². The molecular weight excluding hydrogens is 368 g/mol. The number of anilines is 2. The van der Waals surface area contributed by atoms with Gasteiger partial charge in [-0.1, -0.05) is 19.9 Å². The predicted molar refractivity (Wildman–Crippen MR) is 118 cm³/mol. The Kier molecular flexibility index (Phi) is 5.34. The van der Waals surface area contributed by atoms with Gasteiger partial charge in [-0.15, -0.1) is 0 Å². The molecule has 0 saturated carbocycles. The van der Waals surface area contributed by atoms with Crippen LogP contribution in [0, 0.1) is 5.92 Å². The Bertz CT molecular complexity index is 956. The molecule has 0 radical (unpaired) electrons. The quantitative estimate of drug-likeness (QED) is 0.684. The van der Waals surface area contributed by atoms with Crippen LogP contribution in [0.25, 0.3) is 10.9 Å². The van der Waals surface area contributed by atoms with Gasteiger partial charge in [0.05, 0.1) is 11.6 Å². The van der Waals surface area contributed by atoms with E-state index in [1.165, 1.54) is 0 Å². The monoisotopic (exact) mass is 392 g/mol. The molecule has 1 unspecified atom stereocenters. The predicted octanol–water partition coefficient (Wildman–Crippen LogP) is 3.57. The van der Waals surface area contributed by atoms with E-state index in [9.17, 15) is 0 Å². The maximum absolute atomic E-state index is 5.82. The van der Waals surface area contributed by atoms with Crippen molar-refractivity contribution in [3.8, 4) is 0 Å². The summed E-state index contributed by atoms with van der Waals surface area (Å²) in [6.07, 6.45) is 5.39. The zero-order chi connectivity index (χ0) is 19.5. The standard InChI is InChI=1S/C21H24N6S/c1-15(2)19-14-26(20-23-10-5-11-24-20)12-13-27(19)21(28)25-18-8-3-7-17-16(18)6-4-9-22-17/h3-11,15,19H,12-14H2,1-2H3,(H,25,28). The van der Waals surface area contributed by atoms with E-state index in [4.69, 9.17) is 12.2 Å². The van der Waals surface area contributed by atoms with Gasteiger partial charge in [0, 0.05) is 49.3 Å². The molecule has 1 saturated heterocycles. The molecule has 144 valence electrons. The normalized spacial score (nSPS) is 17.2. The maximum Gasteiger partial charge on any atom is 0.225 e. The molecule has 7 heteroatoms. The van der Waals surface area contributed by atoms with Crippen LogP contribution < -0.4 is 10.2 Å². The number of nitrogens with zero attached hydrogens (tertiary/aromatic N) is 5. The second-order valence-electron chi connectivity index (χ2n) is 7.31. The van der Waals surface area contributed by atoms with Gasteiger partial charge in [0.15, 0.2) is 5.11 Å². The number of aromatic nitrogens is 3. The number of thiocarbonyl (C=S) groups is 1. The van der Waals surface area contributed by atoms with Crippen LogP contribution >= 0.6 is 12.2 Å². The molecule has 2 aromatic heterocycles. The largest absolute Gasteiger partial charge is 0.342 e. The van der Waals surface area contributed by atoms with Crippen LogP contribution in [0.5, 0.6) is 0 Å². The first-order chi connectivity index (χ1) is 13.6. The van der Waals surface area contributed by atoms with E-state index in [-0.39, 0.29) is 6.04 Å². The van der Waals surface area contributed by atoms with Crippen molar-refractivity contribution in [3.63, 3.8) is 0 Å². The fourth-order valence-electron chi connectivity index (χ4n) is 3.67. The summed E-state index contributed by atoms with van der Waals surface area (Å²) in [5.41, 5.74) is 1.95. The Balaban J connectivity index is 1.53. The molecule has 1 aliphatic rings. The Hall–Kier alpha value is -2.80. The van der Waals surface area contributed by atoms with Gasteiger partial charge in [0.25, 0.3) is 0 Å². The van der Waals surface area contributed by atoms with Crippen molar-refractivity contribution < 1.29 is 0 Å². The van der Waals surface area contributed by atoms with E-state index in [0.717, 1.165) is 47.3 Å². The first-order valence-electron chi connectivity index (χ1n) is 9.57. The van der Waals surface area contributed by atoms with Gasteiger partial charge in [-0.05, 0) is 48.5 Å². The third-order valence-electron chi connectivity index (χ3n) is 5.17. The molecule has 0 aliphatic carbocycles. The molecule has 3 heterocycles. The molecule has 3 aromatic rings. The topological polar surface area (TPSA) is 57.2 Å². The minimum atomic E-state index is 0.283. The van der Waals surface area contributed by atoms with Crippen LogP contribution in [0.4, 0.5) is 11.6 Å². The Labute approximate surface area is 170 Å². The molecule has 0 amide bonds. The number of pyridine rings is 1. The second-order valence-corrected chi connectivity index (χ2v) is 7.69. The SMILES string of the molecule is CC(C)C1CN(c2ncccn2)CCN1C(=S)Nc1cccc2ncccc12. The van der Waals surface area contributed by atoms with Gasteiger partial charge in [-0.3, -0.25) is 4.98 Å². The highest BCUT2D eigenvalue weighted by Crippen LogP contribution is 2.24. The molecular formula is C21H24N6S. The number of nitrogens with one attached hydrogen (secondary N) is 1. The van der Waals surface area contributed by atoms with Crippen molar-refractivity contribution in [2.24, 2.45) is 5.92 Å². The van der Waals surface area contributed by atoms with E-state index in [2.05, 4.69) is 56.0 Å². The highest BCUT2D eigenvalue weighted by molar-refractivity contribution is 7.80. The number of rotatable bonds is 3. The van der Waals surface area contributed by atoms with Crippen molar-refractivity contribution in [1.29, 1.82) is 0 Å². The first-order valence-corrected chi connectivity index (χ1v) is 9.97. The summed E-state index contributed by atoms with van der Waals surface area (Å²) in [4.78, 5) is 17.8. The van der Waals surface area contributed by atoms with Crippen molar-refractivity contribution in [1.82, 2.24) is 19.9 Å². The summed E-state index contributed by atoms with van der Waals surface area (Å²) in [7, 11) is 0. The molecule has 1 aliphatic heterocycles. The van der Waals surface area contributed by atoms with Crippen molar-refractivity contribution in [2.45, 2.75) is 19.9 Å². The fraction of sp³-hybridized carbons (Fsp3) is 0.333. The lowest BCUT2D eigenvalue weighted by Gasteiger charge is -2.44. The van der Waals surface area contributed by atoms with E-state index < -0.39 is 0 Å². The Morgan fingerprint density at radius 1 is 1.04 bits per heavy atom. The van der Waals surface area contributed by atoms with E-state index in [1.807, 2.05) is 30.5 Å². The van der Waals surface area contributed by atoms with Gasteiger partial charge < -0.3 is 15.1 Å². The van der Waals surface area contributed by atoms with Gasteiger partial charge in [0.2, 0.25) is 5.95 Å². The summed E-state index contributed by atoms with van der Waals surface area (Å²) in [5, 5.41) is 5.29. The summed E-state index contributed by atoms with van der Waals surface area (Å²) >= 11 is 5.82. The number of piperazine rings is 1. The molecule has 0 spiro atoms. The van der Waals surface area contributed by atoms with E-state index in [0.29, 0.717) is 5.92 Å². The third kappa shape index (κ3) is 3.75. The fourth-order valence-corrected chi connectivity index (χ4v) is 4.00. The average Bonchev–Trinajstić information content (AvgIpc) is 2.74. The van der Waals surface area contributed by atoms with Crippen LogP contribution in [-0.2, 0) is 0 Å². The third-order valence-corrected chi connectivity index (χ3v) is 5.51. The van der Waals surface area contributed by atoms with Crippen molar-refractivity contribution >= 4 is 39.9 Å². The van der Waals surface area contributed by atoms with Crippen LogP contribution in [0.2, 0.25) is 0 Å². The molecule has 1 N–H and O–H groups in total. The minimum absolute atomic E-state index is 0.283. The highest BCUT2D eigenvalue weighted by atomic mass is 32.1. The molecule has 1 aromatic carbocycles. The minimum Gasteiger partial charge on any atom is -0.342 e. The molecule has 0 bridgehead atoms. The number of hydrogen-bond donors (Lipinski definition) is 1. The summed E-state index contributed by atoms with van der Waals surface area (Å²) in [5.74, 6) is 1.23. The lowest BCUT2D eigenvalue weighted by molar-refractivity contribution is 0.226. The van der Waals surface area contributed by atoms with Gasteiger partial charge in [-0.25, -0.2) is 9.97 Å². The van der Waals surface area contributed by atoms with E-state index >= 15 is 0 Å². The van der Waals surface area contributed by atoms with Gasteiger partial charge in [0.1, 0.15) is 0 Å². The average molecular weight is 393 g/mol. The molecule has 1 fully saturated rings. The number of fused-ring (bicyclic) bond motifs is 1. The van der Waals surface area contributed by atoms with Crippen LogP contribution in [0.3, 0.4) is 0 Å². The lowest BCUT2D eigenvalue weighted by atomic mass is 10.00. The summed E-state index contributed by atoms with van der Waals surface area (Å²) in [6, 6.07) is 12.2. The first kappa shape index (κ1) is 18.6. The summed E-state index contributed by atoms with van der Waals surface area (Å²) < 4.78 is 0. The van der Waals surface area contributed by atoms with Crippen molar-refractivity contribution in [3.05, 3.63) is 55.0 Å². The second kappa shape index (κ2) is 8.06. The van der Waals surface area contributed by atoms with Crippen molar-refractivity contribution in [2.75, 3.05) is 29.9 Å². The molecule has 4 rings (SSSR count). The van der Waals surface area contributed by atoms with Gasteiger partial charge >= 0.3 is 0 Å². The molecule has 6 nitrogen and oxygen atoms in total. The lowest BCUT2D eigenvalue weighted by Crippen LogP contribution is -2.58.